The summed E-state index contributed by atoms with van der Waals surface area (Å²) >= 11 is 5.94. The van der Waals surface area contributed by atoms with Crippen LogP contribution in [0.4, 0.5) is 5.69 Å². The zero-order chi connectivity index (χ0) is 21.3. The van der Waals surface area contributed by atoms with E-state index in [2.05, 4.69) is 5.32 Å². The Morgan fingerprint density at radius 1 is 0.967 bits per heavy atom. The van der Waals surface area contributed by atoms with E-state index in [1.807, 2.05) is 12.1 Å². The van der Waals surface area contributed by atoms with Crippen molar-refractivity contribution in [3.8, 4) is 0 Å². The molecule has 0 aromatic heterocycles. The number of halogens is 1. The Bertz CT molecular complexity index is 1140. The zero-order valence-corrected chi connectivity index (χ0v) is 16.9. The first-order valence-electron chi connectivity index (χ1n) is 9.42. The van der Waals surface area contributed by atoms with E-state index in [0.717, 1.165) is 11.1 Å². The highest BCUT2D eigenvalue weighted by atomic mass is 35.5. The number of ketones is 1. The number of ether oxygens (including phenoxy) is 1. The molecule has 1 atom stereocenters. The second kappa shape index (κ2) is 8.13. The summed E-state index contributed by atoms with van der Waals surface area (Å²) in [6.45, 7) is 1.49. The SMILES string of the molecule is CC(=O)c1ccc(NC(=O)c2ccc3c(c2)C[C@@H](c2ccc(Cl)cc2)OC3=O)cc1. The van der Waals surface area contributed by atoms with Gasteiger partial charge in [0.15, 0.2) is 5.78 Å². The molecule has 150 valence electrons. The maximum absolute atomic E-state index is 12.7. The number of benzene rings is 3. The third-order valence-corrected chi connectivity index (χ3v) is 5.29. The number of hydrogen-bond donors (Lipinski definition) is 1. The molecule has 3 aromatic rings. The molecule has 0 saturated heterocycles. The Morgan fingerprint density at radius 2 is 1.63 bits per heavy atom. The second-order valence-corrected chi connectivity index (χ2v) is 7.55. The van der Waals surface area contributed by atoms with Gasteiger partial charge < -0.3 is 10.1 Å². The summed E-state index contributed by atoms with van der Waals surface area (Å²) in [5.74, 6) is -0.747. The van der Waals surface area contributed by atoms with Crippen LogP contribution < -0.4 is 5.32 Å². The molecular weight excluding hydrogens is 402 g/mol. The van der Waals surface area contributed by atoms with Crippen molar-refractivity contribution in [2.45, 2.75) is 19.4 Å². The molecule has 5 nitrogen and oxygen atoms in total. The Balaban J connectivity index is 1.54. The van der Waals surface area contributed by atoms with E-state index in [1.165, 1.54) is 6.92 Å². The third-order valence-electron chi connectivity index (χ3n) is 5.03. The average Bonchev–Trinajstić information content (AvgIpc) is 2.74. The lowest BCUT2D eigenvalue weighted by Crippen LogP contribution is -2.23. The lowest BCUT2D eigenvalue weighted by Gasteiger charge is -2.25. The lowest BCUT2D eigenvalue weighted by atomic mass is 9.93. The number of nitrogens with one attached hydrogen (secondary N) is 1. The summed E-state index contributed by atoms with van der Waals surface area (Å²) in [6, 6.07) is 18.8. The standard InChI is InChI=1S/C24H18ClNO4/c1-14(27)15-4-9-20(10-5-15)26-23(28)17-6-11-21-18(12-17)13-22(30-24(21)29)16-2-7-19(25)8-3-16/h2-12,22H,13H2,1H3,(H,26,28)/t22-/m0/s1. The maximum Gasteiger partial charge on any atom is 0.339 e. The van der Waals surface area contributed by atoms with Gasteiger partial charge in [0.05, 0.1) is 5.56 Å². The first-order valence-corrected chi connectivity index (χ1v) is 9.80. The number of fused-ring (bicyclic) bond motifs is 1. The van der Waals surface area contributed by atoms with E-state index in [4.69, 9.17) is 16.3 Å². The van der Waals surface area contributed by atoms with Crippen molar-refractivity contribution in [1.82, 2.24) is 0 Å². The van der Waals surface area contributed by atoms with E-state index in [-0.39, 0.29) is 11.7 Å². The Hall–Kier alpha value is -3.44. The molecule has 0 fully saturated rings. The predicted molar refractivity (Wildman–Crippen MR) is 114 cm³/mol. The van der Waals surface area contributed by atoms with Gasteiger partial charge >= 0.3 is 5.97 Å². The van der Waals surface area contributed by atoms with E-state index in [0.29, 0.717) is 33.8 Å². The summed E-state index contributed by atoms with van der Waals surface area (Å²) in [5.41, 5.74) is 3.66. The lowest BCUT2D eigenvalue weighted by molar-refractivity contribution is 0.0252. The van der Waals surface area contributed by atoms with Crippen LogP contribution in [-0.2, 0) is 11.2 Å². The molecule has 1 heterocycles. The second-order valence-electron chi connectivity index (χ2n) is 7.11. The van der Waals surface area contributed by atoms with Crippen LogP contribution in [0.2, 0.25) is 5.02 Å². The van der Waals surface area contributed by atoms with Gasteiger partial charge in [0.25, 0.3) is 5.91 Å². The topological polar surface area (TPSA) is 72.5 Å². The summed E-state index contributed by atoms with van der Waals surface area (Å²) in [6.07, 6.45) is 0.0385. The van der Waals surface area contributed by atoms with Gasteiger partial charge in [-0.3, -0.25) is 9.59 Å². The van der Waals surface area contributed by atoms with Crippen LogP contribution in [0.1, 0.15) is 55.2 Å². The molecule has 1 aliphatic heterocycles. The van der Waals surface area contributed by atoms with Gasteiger partial charge in [-0.2, -0.15) is 0 Å². The van der Waals surface area contributed by atoms with Gasteiger partial charge in [0.1, 0.15) is 6.10 Å². The average molecular weight is 420 g/mol. The highest BCUT2D eigenvalue weighted by Crippen LogP contribution is 2.31. The Morgan fingerprint density at radius 3 is 2.30 bits per heavy atom. The van der Waals surface area contributed by atoms with Crippen LogP contribution in [0, 0.1) is 0 Å². The number of carbonyl (C=O) groups excluding carboxylic acids is 3. The highest BCUT2D eigenvalue weighted by molar-refractivity contribution is 6.30. The van der Waals surface area contributed by atoms with Crippen molar-refractivity contribution in [3.63, 3.8) is 0 Å². The summed E-state index contributed by atoms with van der Waals surface area (Å²) < 4.78 is 5.56. The first kappa shape index (κ1) is 19.9. The number of cyclic esters (lactones) is 1. The van der Waals surface area contributed by atoms with Gasteiger partial charge in [-0.25, -0.2) is 4.79 Å². The quantitative estimate of drug-likeness (QED) is 0.463. The molecule has 3 aromatic carbocycles. The van der Waals surface area contributed by atoms with Crippen molar-refractivity contribution < 1.29 is 19.1 Å². The van der Waals surface area contributed by atoms with Crippen LogP contribution in [-0.4, -0.2) is 17.7 Å². The fourth-order valence-corrected chi connectivity index (χ4v) is 3.52. The number of anilines is 1. The van der Waals surface area contributed by atoms with Crippen molar-refractivity contribution in [1.29, 1.82) is 0 Å². The Labute approximate surface area is 178 Å². The van der Waals surface area contributed by atoms with Gasteiger partial charge in [0, 0.05) is 28.3 Å². The number of esters is 1. The number of rotatable bonds is 4. The minimum Gasteiger partial charge on any atom is -0.454 e. The van der Waals surface area contributed by atoms with Crippen LogP contribution >= 0.6 is 11.6 Å². The van der Waals surface area contributed by atoms with Gasteiger partial charge in [-0.1, -0.05) is 23.7 Å². The van der Waals surface area contributed by atoms with Crippen LogP contribution in [0.5, 0.6) is 0 Å². The van der Waals surface area contributed by atoms with Crippen LogP contribution in [0.15, 0.2) is 66.7 Å². The molecule has 0 radical (unpaired) electrons. The van der Waals surface area contributed by atoms with E-state index < -0.39 is 12.1 Å². The molecule has 1 N–H and O–H groups in total. The summed E-state index contributed by atoms with van der Waals surface area (Å²) in [5, 5.41) is 3.42. The van der Waals surface area contributed by atoms with Gasteiger partial charge in [-0.15, -0.1) is 0 Å². The molecule has 4 rings (SSSR count). The fraction of sp³-hybridized carbons (Fsp3) is 0.125. The molecule has 1 amide bonds. The fourth-order valence-electron chi connectivity index (χ4n) is 3.39. The maximum atomic E-state index is 12.7. The predicted octanol–water partition coefficient (Wildman–Crippen LogP) is 5.25. The first-order chi connectivity index (χ1) is 14.4. The van der Waals surface area contributed by atoms with Gasteiger partial charge in [0.2, 0.25) is 0 Å². The minimum atomic E-state index is -0.431. The van der Waals surface area contributed by atoms with E-state index in [1.54, 1.807) is 54.6 Å². The normalized spacial score (nSPS) is 15.1. The summed E-state index contributed by atoms with van der Waals surface area (Å²) in [7, 11) is 0. The van der Waals surface area contributed by atoms with Crippen molar-refractivity contribution >= 4 is 34.9 Å². The van der Waals surface area contributed by atoms with Crippen LogP contribution in [0.25, 0.3) is 0 Å². The van der Waals surface area contributed by atoms with Crippen LogP contribution in [0.3, 0.4) is 0 Å². The van der Waals surface area contributed by atoms with E-state index in [9.17, 15) is 14.4 Å². The number of amides is 1. The largest absolute Gasteiger partial charge is 0.454 e. The van der Waals surface area contributed by atoms with Crippen molar-refractivity contribution in [2.75, 3.05) is 5.32 Å². The molecule has 0 saturated carbocycles. The molecule has 0 bridgehead atoms. The molecular formula is C24H18ClNO4. The van der Waals surface area contributed by atoms with Crippen molar-refractivity contribution in [3.05, 3.63) is 99.6 Å². The smallest absolute Gasteiger partial charge is 0.339 e. The monoisotopic (exact) mass is 419 g/mol. The molecule has 6 heteroatoms. The molecule has 0 aliphatic carbocycles. The molecule has 0 spiro atoms. The molecule has 30 heavy (non-hydrogen) atoms. The minimum absolute atomic E-state index is 0.0373. The molecule has 1 aliphatic rings. The zero-order valence-electron chi connectivity index (χ0n) is 16.1. The highest BCUT2D eigenvalue weighted by Gasteiger charge is 2.28. The number of carbonyl (C=O) groups is 3. The number of hydrogen-bond acceptors (Lipinski definition) is 4. The van der Waals surface area contributed by atoms with Gasteiger partial charge in [-0.05, 0) is 72.6 Å². The van der Waals surface area contributed by atoms with E-state index >= 15 is 0 Å². The van der Waals surface area contributed by atoms with Crippen molar-refractivity contribution in [2.24, 2.45) is 0 Å². The molecule has 0 unspecified atom stereocenters. The Kier molecular flexibility index (Phi) is 5.38. The summed E-state index contributed by atoms with van der Waals surface area (Å²) in [4.78, 5) is 36.5. The number of Topliss-reactive ketones (excluding diaryl/α,β-unsaturated/α-hetero) is 1. The third kappa shape index (κ3) is 4.11.